The molecule has 0 bridgehead atoms. The van der Waals surface area contributed by atoms with Gasteiger partial charge in [-0.1, -0.05) is 30.3 Å². The standard InChI is InChI=1S/C23H26N6O3/c1-27(13-5-8-19-14-22(26-25-19)17-6-3-2-4-7-17)23(30)18-15-24-28(16-18)20-9-11-21(12-10-20)29(31)32/h2-4,6-7,9-12,15-16,19,22,25-26H,5,8,13-14H2,1H3. The van der Waals surface area contributed by atoms with E-state index in [1.807, 2.05) is 6.07 Å². The van der Waals surface area contributed by atoms with E-state index in [9.17, 15) is 14.9 Å². The lowest BCUT2D eigenvalue weighted by Gasteiger charge is -2.17. The number of amides is 1. The Labute approximate surface area is 186 Å². The smallest absolute Gasteiger partial charge is 0.269 e. The van der Waals surface area contributed by atoms with Gasteiger partial charge in [0, 0.05) is 44.0 Å². The first-order valence-corrected chi connectivity index (χ1v) is 10.6. The van der Waals surface area contributed by atoms with Crippen molar-refractivity contribution in [1.82, 2.24) is 25.5 Å². The van der Waals surface area contributed by atoms with Crippen molar-refractivity contribution in [2.45, 2.75) is 31.3 Å². The average molecular weight is 435 g/mol. The van der Waals surface area contributed by atoms with Crippen LogP contribution in [0, 0.1) is 10.1 Å². The molecule has 2 unspecified atom stereocenters. The van der Waals surface area contributed by atoms with E-state index in [1.165, 1.54) is 23.9 Å². The molecule has 4 rings (SSSR count). The lowest BCUT2D eigenvalue weighted by atomic mass is 10.00. The Balaban J connectivity index is 1.26. The third-order valence-corrected chi connectivity index (χ3v) is 5.73. The maximum atomic E-state index is 12.8. The van der Waals surface area contributed by atoms with Gasteiger partial charge in [-0.05, 0) is 37.0 Å². The molecule has 3 aromatic rings. The highest BCUT2D eigenvalue weighted by molar-refractivity contribution is 5.93. The van der Waals surface area contributed by atoms with Gasteiger partial charge in [0.05, 0.1) is 22.4 Å². The van der Waals surface area contributed by atoms with Crippen LogP contribution in [0.1, 0.15) is 41.2 Å². The summed E-state index contributed by atoms with van der Waals surface area (Å²) in [6, 6.07) is 17.1. The fourth-order valence-corrected chi connectivity index (χ4v) is 3.91. The van der Waals surface area contributed by atoms with E-state index in [2.05, 4.69) is 40.2 Å². The Morgan fingerprint density at radius 2 is 1.94 bits per heavy atom. The average Bonchev–Trinajstić information content (AvgIpc) is 3.49. The quantitative estimate of drug-likeness (QED) is 0.417. The number of nitro groups is 1. The lowest BCUT2D eigenvalue weighted by Crippen LogP contribution is -2.32. The van der Waals surface area contributed by atoms with E-state index in [-0.39, 0.29) is 11.6 Å². The first-order valence-electron chi connectivity index (χ1n) is 10.6. The molecule has 0 saturated carbocycles. The minimum absolute atomic E-state index is 0.0129. The Bertz CT molecular complexity index is 1070. The van der Waals surface area contributed by atoms with Gasteiger partial charge in [0.25, 0.3) is 11.6 Å². The summed E-state index contributed by atoms with van der Waals surface area (Å²) in [5.41, 5.74) is 9.15. The van der Waals surface area contributed by atoms with Gasteiger partial charge in [-0.15, -0.1) is 0 Å². The number of non-ortho nitro benzene ring substituents is 1. The third-order valence-electron chi connectivity index (χ3n) is 5.73. The summed E-state index contributed by atoms with van der Waals surface area (Å²) in [5.74, 6) is -0.0992. The predicted molar refractivity (Wildman–Crippen MR) is 120 cm³/mol. The highest BCUT2D eigenvalue weighted by Crippen LogP contribution is 2.24. The molecule has 1 aliphatic heterocycles. The number of benzene rings is 2. The molecule has 1 aromatic heterocycles. The molecule has 2 heterocycles. The number of aromatic nitrogens is 2. The van der Waals surface area contributed by atoms with Crippen LogP contribution < -0.4 is 10.9 Å². The summed E-state index contributed by atoms with van der Waals surface area (Å²) in [5, 5.41) is 15.0. The monoisotopic (exact) mass is 434 g/mol. The van der Waals surface area contributed by atoms with E-state index >= 15 is 0 Å². The number of hydrazine groups is 1. The minimum Gasteiger partial charge on any atom is -0.342 e. The summed E-state index contributed by atoms with van der Waals surface area (Å²) in [6.07, 6.45) is 6.04. The summed E-state index contributed by atoms with van der Waals surface area (Å²) in [4.78, 5) is 24.8. The van der Waals surface area contributed by atoms with Gasteiger partial charge in [-0.25, -0.2) is 4.68 Å². The maximum Gasteiger partial charge on any atom is 0.269 e. The molecule has 9 heteroatoms. The van der Waals surface area contributed by atoms with Crippen LogP contribution in [0.25, 0.3) is 5.69 Å². The molecule has 1 amide bonds. The largest absolute Gasteiger partial charge is 0.342 e. The van der Waals surface area contributed by atoms with Crippen molar-refractivity contribution in [3.63, 3.8) is 0 Å². The molecular weight excluding hydrogens is 408 g/mol. The van der Waals surface area contributed by atoms with Gasteiger partial charge in [0.1, 0.15) is 0 Å². The summed E-state index contributed by atoms with van der Waals surface area (Å²) in [6.45, 7) is 0.649. The van der Waals surface area contributed by atoms with Crippen LogP contribution in [0.5, 0.6) is 0 Å². The number of nitrogens with zero attached hydrogens (tertiary/aromatic N) is 4. The topological polar surface area (TPSA) is 105 Å². The van der Waals surface area contributed by atoms with Crippen LogP contribution in [0.2, 0.25) is 0 Å². The zero-order chi connectivity index (χ0) is 22.5. The first kappa shape index (κ1) is 21.7. The van der Waals surface area contributed by atoms with Gasteiger partial charge in [0.15, 0.2) is 0 Å². The van der Waals surface area contributed by atoms with Gasteiger partial charge >= 0.3 is 0 Å². The molecule has 1 aliphatic rings. The second kappa shape index (κ2) is 9.71. The van der Waals surface area contributed by atoms with Crippen molar-refractivity contribution in [3.05, 3.63) is 88.2 Å². The zero-order valence-electron chi connectivity index (χ0n) is 17.8. The van der Waals surface area contributed by atoms with E-state index in [0.717, 1.165) is 19.3 Å². The maximum absolute atomic E-state index is 12.8. The van der Waals surface area contributed by atoms with Crippen molar-refractivity contribution in [2.24, 2.45) is 0 Å². The number of hydrogen-bond acceptors (Lipinski definition) is 6. The lowest BCUT2D eigenvalue weighted by molar-refractivity contribution is -0.384. The van der Waals surface area contributed by atoms with E-state index in [1.54, 1.807) is 35.0 Å². The van der Waals surface area contributed by atoms with E-state index in [4.69, 9.17) is 0 Å². The van der Waals surface area contributed by atoms with Gasteiger partial charge < -0.3 is 4.90 Å². The molecule has 0 spiro atoms. The Kier molecular flexibility index (Phi) is 6.58. The van der Waals surface area contributed by atoms with Crippen molar-refractivity contribution in [2.75, 3.05) is 13.6 Å². The molecule has 0 radical (unpaired) electrons. The van der Waals surface area contributed by atoms with Crippen LogP contribution in [0.3, 0.4) is 0 Å². The highest BCUT2D eigenvalue weighted by Gasteiger charge is 2.24. The van der Waals surface area contributed by atoms with Crippen LogP contribution in [-0.4, -0.2) is 45.1 Å². The summed E-state index contributed by atoms with van der Waals surface area (Å²) >= 11 is 0. The van der Waals surface area contributed by atoms with E-state index in [0.29, 0.717) is 29.9 Å². The molecule has 2 atom stereocenters. The van der Waals surface area contributed by atoms with Crippen LogP contribution in [-0.2, 0) is 0 Å². The molecule has 1 saturated heterocycles. The Morgan fingerprint density at radius 3 is 2.66 bits per heavy atom. The molecule has 166 valence electrons. The number of nitro benzene ring substituents is 1. The molecule has 9 nitrogen and oxygen atoms in total. The van der Waals surface area contributed by atoms with Gasteiger partial charge in [-0.3, -0.25) is 25.8 Å². The van der Waals surface area contributed by atoms with Crippen LogP contribution >= 0.6 is 0 Å². The zero-order valence-corrected chi connectivity index (χ0v) is 17.8. The highest BCUT2D eigenvalue weighted by atomic mass is 16.6. The minimum atomic E-state index is -0.449. The van der Waals surface area contributed by atoms with Crippen LogP contribution in [0.15, 0.2) is 67.0 Å². The number of carbonyl (C=O) groups excluding carboxylic acids is 1. The van der Waals surface area contributed by atoms with Crippen molar-refractivity contribution in [1.29, 1.82) is 0 Å². The molecule has 2 N–H and O–H groups in total. The molecule has 1 fully saturated rings. The second-order valence-electron chi connectivity index (χ2n) is 8.00. The summed E-state index contributed by atoms with van der Waals surface area (Å²) in [7, 11) is 1.79. The predicted octanol–water partition coefficient (Wildman–Crippen LogP) is 3.24. The van der Waals surface area contributed by atoms with Gasteiger partial charge in [-0.2, -0.15) is 5.10 Å². The normalized spacial score (nSPS) is 17.9. The first-order chi connectivity index (χ1) is 15.5. The second-order valence-corrected chi connectivity index (χ2v) is 8.00. The molecule has 32 heavy (non-hydrogen) atoms. The van der Waals surface area contributed by atoms with Crippen molar-refractivity contribution < 1.29 is 9.72 Å². The van der Waals surface area contributed by atoms with E-state index < -0.39 is 4.92 Å². The number of hydrogen-bond donors (Lipinski definition) is 2. The SMILES string of the molecule is CN(CCCC1CC(c2ccccc2)NN1)C(=O)c1cnn(-c2ccc([N+](=O)[O-])cc2)c1. The fourth-order valence-electron chi connectivity index (χ4n) is 3.91. The van der Waals surface area contributed by atoms with Crippen molar-refractivity contribution >= 4 is 11.6 Å². The molecule has 2 aromatic carbocycles. The summed E-state index contributed by atoms with van der Waals surface area (Å²) < 4.78 is 1.54. The third kappa shape index (κ3) is 5.01. The number of nitrogens with one attached hydrogen (secondary N) is 2. The number of carbonyl (C=O) groups is 1. The Morgan fingerprint density at radius 1 is 1.19 bits per heavy atom. The van der Waals surface area contributed by atoms with Gasteiger partial charge in [0.2, 0.25) is 0 Å². The molecular formula is C23H26N6O3. The number of rotatable bonds is 8. The van der Waals surface area contributed by atoms with Crippen LogP contribution in [0.4, 0.5) is 5.69 Å². The van der Waals surface area contributed by atoms with Crippen molar-refractivity contribution in [3.8, 4) is 5.69 Å². The fraction of sp³-hybridized carbons (Fsp3) is 0.304. The molecule has 0 aliphatic carbocycles. The Hall–Kier alpha value is -3.56.